The lowest BCUT2D eigenvalue weighted by Gasteiger charge is -2.08. The van der Waals surface area contributed by atoms with Gasteiger partial charge in [0.2, 0.25) is 0 Å². The SMILES string of the molecule is CC(O)c1cccc(-c2ccc3nc(-c4ccc(F)c(F)c4)cn3c2)c1. The predicted octanol–water partition coefficient (Wildman–Crippen LogP) is 5.00. The summed E-state index contributed by atoms with van der Waals surface area (Å²) in [5.74, 6) is -1.77. The highest BCUT2D eigenvalue weighted by Crippen LogP contribution is 2.26. The topological polar surface area (TPSA) is 37.5 Å². The molecule has 0 spiro atoms. The van der Waals surface area contributed by atoms with Crippen LogP contribution in [-0.4, -0.2) is 14.5 Å². The third kappa shape index (κ3) is 2.97. The van der Waals surface area contributed by atoms with Crippen LogP contribution in [0.15, 0.2) is 67.0 Å². The molecule has 2 aromatic carbocycles. The Kier molecular flexibility index (Phi) is 4.01. The van der Waals surface area contributed by atoms with Crippen molar-refractivity contribution in [2.75, 3.05) is 0 Å². The molecule has 0 bridgehead atoms. The van der Waals surface area contributed by atoms with Gasteiger partial charge in [-0.05, 0) is 60.0 Å². The quantitative estimate of drug-likeness (QED) is 0.565. The lowest BCUT2D eigenvalue weighted by molar-refractivity contribution is 0.199. The van der Waals surface area contributed by atoms with Crippen molar-refractivity contribution in [1.82, 2.24) is 9.38 Å². The molecule has 130 valence electrons. The van der Waals surface area contributed by atoms with Crippen LogP contribution in [0.2, 0.25) is 0 Å². The number of hydrogen-bond donors (Lipinski definition) is 1. The Morgan fingerprint density at radius 3 is 2.46 bits per heavy atom. The summed E-state index contributed by atoms with van der Waals surface area (Å²) >= 11 is 0. The molecule has 3 nitrogen and oxygen atoms in total. The molecule has 4 rings (SSSR count). The van der Waals surface area contributed by atoms with Gasteiger partial charge in [0.1, 0.15) is 5.65 Å². The van der Waals surface area contributed by atoms with E-state index < -0.39 is 17.7 Å². The smallest absolute Gasteiger partial charge is 0.159 e. The summed E-state index contributed by atoms with van der Waals surface area (Å²) < 4.78 is 28.5. The normalized spacial score (nSPS) is 12.5. The third-order valence-electron chi connectivity index (χ3n) is 4.37. The summed E-state index contributed by atoms with van der Waals surface area (Å²) in [6, 6.07) is 15.3. The molecule has 0 aliphatic rings. The van der Waals surface area contributed by atoms with Gasteiger partial charge in [-0.25, -0.2) is 13.8 Å². The Bertz CT molecular complexity index is 1100. The number of fused-ring (bicyclic) bond motifs is 1. The van der Waals surface area contributed by atoms with Crippen LogP contribution in [-0.2, 0) is 0 Å². The van der Waals surface area contributed by atoms with Gasteiger partial charge in [0, 0.05) is 18.0 Å². The van der Waals surface area contributed by atoms with Gasteiger partial charge in [-0.2, -0.15) is 0 Å². The standard InChI is InChI=1S/C21H16F2N2O/c1-13(26)14-3-2-4-15(9-14)17-6-8-21-24-20(12-25(21)11-17)16-5-7-18(22)19(23)10-16/h2-13,26H,1H3. The first kappa shape index (κ1) is 16.4. The minimum absolute atomic E-state index is 0.519. The van der Waals surface area contributed by atoms with E-state index in [0.29, 0.717) is 16.9 Å². The molecular weight excluding hydrogens is 334 g/mol. The number of halogens is 2. The molecule has 0 saturated carbocycles. The van der Waals surface area contributed by atoms with Crippen LogP contribution in [0.5, 0.6) is 0 Å². The summed E-state index contributed by atoms with van der Waals surface area (Å²) in [4.78, 5) is 4.47. The molecule has 0 aliphatic heterocycles. The minimum Gasteiger partial charge on any atom is -0.389 e. The van der Waals surface area contributed by atoms with Crippen LogP contribution in [0.25, 0.3) is 28.0 Å². The molecule has 1 atom stereocenters. The number of rotatable bonds is 3. The van der Waals surface area contributed by atoms with Crippen molar-refractivity contribution in [3.8, 4) is 22.4 Å². The number of imidazole rings is 1. The fraction of sp³-hybridized carbons (Fsp3) is 0.0952. The molecular formula is C21H16F2N2O. The Hall–Kier alpha value is -3.05. The maximum atomic E-state index is 13.5. The molecule has 26 heavy (non-hydrogen) atoms. The molecule has 4 aromatic rings. The Balaban J connectivity index is 1.76. The number of aromatic nitrogens is 2. The maximum Gasteiger partial charge on any atom is 0.159 e. The summed E-state index contributed by atoms with van der Waals surface area (Å²) in [7, 11) is 0. The average molecular weight is 350 g/mol. The van der Waals surface area contributed by atoms with Crippen molar-refractivity contribution in [2.45, 2.75) is 13.0 Å². The van der Waals surface area contributed by atoms with Gasteiger partial charge >= 0.3 is 0 Å². The molecule has 0 amide bonds. The number of hydrogen-bond acceptors (Lipinski definition) is 2. The Morgan fingerprint density at radius 2 is 1.69 bits per heavy atom. The van der Waals surface area contributed by atoms with E-state index in [0.717, 1.165) is 28.8 Å². The fourth-order valence-corrected chi connectivity index (χ4v) is 2.94. The van der Waals surface area contributed by atoms with Crippen LogP contribution in [0, 0.1) is 11.6 Å². The zero-order valence-electron chi connectivity index (χ0n) is 14.0. The molecule has 1 N–H and O–H groups in total. The van der Waals surface area contributed by atoms with Gasteiger partial charge in [0.15, 0.2) is 11.6 Å². The number of aliphatic hydroxyl groups excluding tert-OH is 1. The lowest BCUT2D eigenvalue weighted by Crippen LogP contribution is -1.91. The second-order valence-corrected chi connectivity index (χ2v) is 6.24. The molecule has 0 radical (unpaired) electrons. The second-order valence-electron chi connectivity index (χ2n) is 6.24. The van der Waals surface area contributed by atoms with E-state index in [1.54, 1.807) is 13.1 Å². The van der Waals surface area contributed by atoms with E-state index in [9.17, 15) is 13.9 Å². The highest BCUT2D eigenvalue weighted by molar-refractivity contribution is 5.68. The predicted molar refractivity (Wildman–Crippen MR) is 96.6 cm³/mol. The van der Waals surface area contributed by atoms with Crippen LogP contribution < -0.4 is 0 Å². The largest absolute Gasteiger partial charge is 0.389 e. The van der Waals surface area contributed by atoms with Crippen molar-refractivity contribution in [2.24, 2.45) is 0 Å². The molecule has 0 fully saturated rings. The second kappa shape index (κ2) is 6.35. The highest BCUT2D eigenvalue weighted by Gasteiger charge is 2.10. The van der Waals surface area contributed by atoms with E-state index >= 15 is 0 Å². The summed E-state index contributed by atoms with van der Waals surface area (Å²) in [6.07, 6.45) is 3.17. The number of benzene rings is 2. The lowest BCUT2D eigenvalue weighted by atomic mass is 10.0. The molecule has 5 heteroatoms. The van der Waals surface area contributed by atoms with Crippen LogP contribution >= 0.6 is 0 Å². The van der Waals surface area contributed by atoms with Gasteiger partial charge in [0.05, 0.1) is 11.8 Å². The van der Waals surface area contributed by atoms with E-state index in [-0.39, 0.29) is 0 Å². The average Bonchev–Trinajstić information content (AvgIpc) is 3.07. The van der Waals surface area contributed by atoms with Crippen LogP contribution in [0.1, 0.15) is 18.6 Å². The zero-order valence-corrected chi connectivity index (χ0v) is 14.0. The third-order valence-corrected chi connectivity index (χ3v) is 4.37. The molecule has 2 aromatic heterocycles. The zero-order chi connectivity index (χ0) is 18.3. The van der Waals surface area contributed by atoms with Gasteiger partial charge in [0.25, 0.3) is 0 Å². The van der Waals surface area contributed by atoms with E-state index in [1.165, 1.54) is 6.07 Å². The number of pyridine rings is 1. The summed E-state index contributed by atoms with van der Waals surface area (Å²) in [6.45, 7) is 1.73. The minimum atomic E-state index is -0.893. The van der Waals surface area contributed by atoms with Crippen LogP contribution in [0.4, 0.5) is 8.78 Å². The summed E-state index contributed by atoms with van der Waals surface area (Å²) in [5, 5.41) is 9.77. The first-order chi connectivity index (χ1) is 12.5. The van der Waals surface area contributed by atoms with Gasteiger partial charge in [-0.15, -0.1) is 0 Å². The van der Waals surface area contributed by atoms with Gasteiger partial charge in [-0.1, -0.05) is 18.2 Å². The Morgan fingerprint density at radius 1 is 0.885 bits per heavy atom. The van der Waals surface area contributed by atoms with Gasteiger partial charge in [-0.3, -0.25) is 0 Å². The van der Waals surface area contributed by atoms with Crippen molar-refractivity contribution in [1.29, 1.82) is 0 Å². The number of nitrogens with zero attached hydrogens (tertiary/aromatic N) is 2. The van der Waals surface area contributed by atoms with E-state index in [4.69, 9.17) is 0 Å². The Labute approximate surface area is 149 Å². The highest BCUT2D eigenvalue weighted by atomic mass is 19.2. The van der Waals surface area contributed by atoms with E-state index in [2.05, 4.69) is 4.98 Å². The molecule has 0 aliphatic carbocycles. The van der Waals surface area contributed by atoms with Crippen molar-refractivity contribution < 1.29 is 13.9 Å². The van der Waals surface area contributed by atoms with Crippen molar-refractivity contribution >= 4 is 5.65 Å². The van der Waals surface area contributed by atoms with Crippen molar-refractivity contribution in [3.05, 3.63) is 84.2 Å². The molecule has 2 heterocycles. The van der Waals surface area contributed by atoms with E-state index in [1.807, 2.05) is 47.0 Å². The fourth-order valence-electron chi connectivity index (χ4n) is 2.94. The first-order valence-electron chi connectivity index (χ1n) is 8.24. The molecule has 0 saturated heterocycles. The monoisotopic (exact) mass is 350 g/mol. The van der Waals surface area contributed by atoms with Crippen LogP contribution in [0.3, 0.4) is 0 Å². The molecule has 1 unspecified atom stereocenters. The maximum absolute atomic E-state index is 13.5. The number of aliphatic hydroxyl groups is 1. The summed E-state index contributed by atoms with van der Waals surface area (Å²) in [5.41, 5.74) is 4.59. The first-order valence-corrected chi connectivity index (χ1v) is 8.24. The van der Waals surface area contributed by atoms with Gasteiger partial charge < -0.3 is 9.51 Å². The van der Waals surface area contributed by atoms with Crippen molar-refractivity contribution in [3.63, 3.8) is 0 Å².